The normalized spacial score (nSPS) is 12.2. The molecule has 0 radical (unpaired) electrons. The van der Waals surface area contributed by atoms with Crippen LogP contribution < -0.4 is 10.1 Å². The van der Waals surface area contributed by atoms with E-state index >= 15 is 0 Å². The second-order valence-electron chi connectivity index (χ2n) is 6.51. The molecule has 1 heterocycles. The van der Waals surface area contributed by atoms with Gasteiger partial charge in [0, 0.05) is 19.5 Å². The largest absolute Gasteiger partial charge is 0.481 e. The lowest BCUT2D eigenvalue weighted by atomic mass is 9.98. The van der Waals surface area contributed by atoms with Crippen molar-refractivity contribution >= 4 is 5.91 Å². The summed E-state index contributed by atoms with van der Waals surface area (Å²) in [7, 11) is 0. The van der Waals surface area contributed by atoms with Gasteiger partial charge in [0.15, 0.2) is 6.10 Å². The maximum Gasteiger partial charge on any atom is 0.260 e. The summed E-state index contributed by atoms with van der Waals surface area (Å²) < 4.78 is 7.74. The average Bonchev–Trinajstić information content (AvgIpc) is 3.01. The Morgan fingerprint density at radius 2 is 2.08 bits per heavy atom. The zero-order valence-corrected chi connectivity index (χ0v) is 15.7. The molecule has 0 saturated heterocycles. The molecule has 1 N–H and O–H groups in total. The van der Waals surface area contributed by atoms with E-state index < -0.39 is 6.10 Å². The molecular formula is C19H28N4O2. The minimum Gasteiger partial charge on any atom is -0.481 e. The Morgan fingerprint density at radius 1 is 1.32 bits per heavy atom. The Balaban J connectivity index is 1.85. The van der Waals surface area contributed by atoms with Crippen molar-refractivity contribution in [2.45, 2.75) is 59.6 Å². The molecule has 1 aromatic carbocycles. The highest BCUT2D eigenvalue weighted by atomic mass is 16.5. The predicted octanol–water partition coefficient (Wildman–Crippen LogP) is 2.86. The lowest BCUT2D eigenvalue weighted by molar-refractivity contribution is -0.127. The molecule has 0 bridgehead atoms. The van der Waals surface area contributed by atoms with Crippen molar-refractivity contribution in [1.29, 1.82) is 0 Å². The summed E-state index contributed by atoms with van der Waals surface area (Å²) in [6, 6.07) is 5.98. The summed E-state index contributed by atoms with van der Waals surface area (Å²) in [5, 5.41) is 10.8. The Kier molecular flexibility index (Phi) is 6.56. The van der Waals surface area contributed by atoms with E-state index in [1.807, 2.05) is 23.6 Å². The van der Waals surface area contributed by atoms with Gasteiger partial charge in [0.05, 0.1) is 0 Å². The van der Waals surface area contributed by atoms with Crippen molar-refractivity contribution < 1.29 is 9.53 Å². The van der Waals surface area contributed by atoms with Gasteiger partial charge in [-0.1, -0.05) is 19.9 Å². The molecular weight excluding hydrogens is 316 g/mol. The van der Waals surface area contributed by atoms with Gasteiger partial charge in [0.1, 0.15) is 17.9 Å². The number of nitrogens with one attached hydrogen (secondary N) is 1. The van der Waals surface area contributed by atoms with Crippen LogP contribution in [0.4, 0.5) is 0 Å². The second kappa shape index (κ2) is 8.65. The Labute approximate surface area is 149 Å². The summed E-state index contributed by atoms with van der Waals surface area (Å²) in [6.07, 6.45) is 1.80. The van der Waals surface area contributed by atoms with Gasteiger partial charge in [-0.15, -0.1) is 10.2 Å². The van der Waals surface area contributed by atoms with Gasteiger partial charge in [-0.3, -0.25) is 4.79 Å². The van der Waals surface area contributed by atoms with E-state index in [9.17, 15) is 4.79 Å². The van der Waals surface area contributed by atoms with Gasteiger partial charge < -0.3 is 14.6 Å². The third-order valence-corrected chi connectivity index (χ3v) is 4.23. The third kappa shape index (κ3) is 5.05. The molecule has 0 saturated carbocycles. The highest BCUT2D eigenvalue weighted by Crippen LogP contribution is 2.24. The molecule has 1 atom stereocenters. The van der Waals surface area contributed by atoms with Crippen LogP contribution in [-0.4, -0.2) is 33.3 Å². The Hall–Kier alpha value is -2.37. The first-order valence-electron chi connectivity index (χ1n) is 8.84. The molecule has 2 aromatic rings. The van der Waals surface area contributed by atoms with Crippen LogP contribution in [0.3, 0.4) is 0 Å². The van der Waals surface area contributed by atoms with Crippen LogP contribution >= 0.6 is 0 Å². The number of aryl methyl sites for hydroxylation is 2. The molecule has 0 aliphatic rings. The number of carbonyl (C=O) groups is 1. The van der Waals surface area contributed by atoms with Gasteiger partial charge in [0.2, 0.25) is 0 Å². The minimum atomic E-state index is -0.548. The molecule has 0 aliphatic heterocycles. The molecule has 0 fully saturated rings. The van der Waals surface area contributed by atoms with E-state index in [-0.39, 0.29) is 5.91 Å². The molecule has 2 rings (SSSR count). The summed E-state index contributed by atoms with van der Waals surface area (Å²) in [6.45, 7) is 11.5. The summed E-state index contributed by atoms with van der Waals surface area (Å²) >= 11 is 0. The number of ether oxygens (including phenoxy) is 1. The standard InChI is InChI=1S/C19H28N4O2/c1-6-23-12-21-22-18(23)9-10-20-19(24)15(5)25-16-7-8-17(13(2)3)14(4)11-16/h7-8,11-13,15H,6,9-10H2,1-5H3,(H,20,24)/t15-/m1/s1. The maximum absolute atomic E-state index is 12.2. The third-order valence-electron chi connectivity index (χ3n) is 4.23. The van der Waals surface area contributed by atoms with Gasteiger partial charge >= 0.3 is 0 Å². The molecule has 0 spiro atoms. The number of aromatic nitrogens is 3. The number of nitrogens with zero attached hydrogens (tertiary/aromatic N) is 3. The van der Waals surface area contributed by atoms with Crippen molar-refractivity contribution in [3.63, 3.8) is 0 Å². The molecule has 6 nitrogen and oxygen atoms in total. The highest BCUT2D eigenvalue weighted by Gasteiger charge is 2.15. The summed E-state index contributed by atoms with van der Waals surface area (Å²) in [5.41, 5.74) is 2.48. The Morgan fingerprint density at radius 3 is 2.72 bits per heavy atom. The SMILES string of the molecule is CCn1cnnc1CCNC(=O)[C@@H](C)Oc1ccc(C(C)C)c(C)c1. The summed E-state index contributed by atoms with van der Waals surface area (Å²) in [4.78, 5) is 12.2. The lowest BCUT2D eigenvalue weighted by Gasteiger charge is -2.17. The minimum absolute atomic E-state index is 0.131. The van der Waals surface area contributed by atoms with E-state index in [2.05, 4.69) is 42.4 Å². The van der Waals surface area contributed by atoms with E-state index in [1.54, 1.807) is 13.3 Å². The molecule has 0 unspecified atom stereocenters. The first-order valence-corrected chi connectivity index (χ1v) is 8.84. The fraction of sp³-hybridized carbons (Fsp3) is 0.526. The van der Waals surface area contributed by atoms with Crippen molar-refractivity contribution in [3.8, 4) is 5.75 Å². The van der Waals surface area contributed by atoms with Crippen molar-refractivity contribution in [2.75, 3.05) is 6.54 Å². The molecule has 136 valence electrons. The number of benzene rings is 1. The number of hydrogen-bond donors (Lipinski definition) is 1. The topological polar surface area (TPSA) is 69.0 Å². The fourth-order valence-corrected chi connectivity index (χ4v) is 2.80. The second-order valence-corrected chi connectivity index (χ2v) is 6.51. The fourth-order valence-electron chi connectivity index (χ4n) is 2.80. The van der Waals surface area contributed by atoms with Crippen LogP contribution in [-0.2, 0) is 17.8 Å². The molecule has 1 aromatic heterocycles. The van der Waals surface area contributed by atoms with Gasteiger partial charge in [-0.25, -0.2) is 0 Å². The van der Waals surface area contributed by atoms with Crippen LogP contribution in [0.2, 0.25) is 0 Å². The van der Waals surface area contributed by atoms with Crippen molar-refractivity contribution in [2.24, 2.45) is 0 Å². The van der Waals surface area contributed by atoms with E-state index in [1.165, 1.54) is 11.1 Å². The monoisotopic (exact) mass is 344 g/mol. The molecule has 6 heteroatoms. The quantitative estimate of drug-likeness (QED) is 0.799. The van der Waals surface area contributed by atoms with Crippen LogP contribution in [0.5, 0.6) is 5.75 Å². The van der Waals surface area contributed by atoms with Gasteiger partial charge in [0.25, 0.3) is 5.91 Å². The predicted molar refractivity (Wildman–Crippen MR) is 97.8 cm³/mol. The molecule has 1 amide bonds. The molecule has 25 heavy (non-hydrogen) atoms. The van der Waals surface area contributed by atoms with Crippen LogP contribution in [0.1, 0.15) is 50.6 Å². The maximum atomic E-state index is 12.2. The van der Waals surface area contributed by atoms with Crippen LogP contribution in [0.25, 0.3) is 0 Å². The first-order chi connectivity index (χ1) is 11.9. The average molecular weight is 344 g/mol. The number of hydrogen-bond acceptors (Lipinski definition) is 4. The first kappa shape index (κ1) is 19.0. The van der Waals surface area contributed by atoms with Crippen LogP contribution in [0.15, 0.2) is 24.5 Å². The van der Waals surface area contributed by atoms with Gasteiger partial charge in [-0.2, -0.15) is 0 Å². The number of carbonyl (C=O) groups excluding carboxylic acids is 1. The number of amides is 1. The van der Waals surface area contributed by atoms with Crippen molar-refractivity contribution in [1.82, 2.24) is 20.1 Å². The van der Waals surface area contributed by atoms with Crippen molar-refractivity contribution in [3.05, 3.63) is 41.5 Å². The van der Waals surface area contributed by atoms with E-state index in [0.717, 1.165) is 18.1 Å². The van der Waals surface area contributed by atoms with E-state index in [4.69, 9.17) is 4.74 Å². The Bertz CT molecular complexity index is 709. The smallest absolute Gasteiger partial charge is 0.260 e. The van der Waals surface area contributed by atoms with Gasteiger partial charge in [-0.05, 0) is 49.9 Å². The van der Waals surface area contributed by atoms with E-state index in [0.29, 0.717) is 18.9 Å². The lowest BCUT2D eigenvalue weighted by Crippen LogP contribution is -2.37. The summed E-state index contributed by atoms with van der Waals surface area (Å²) in [5.74, 6) is 1.93. The number of rotatable bonds is 8. The zero-order chi connectivity index (χ0) is 18.4. The van der Waals surface area contributed by atoms with Crippen LogP contribution in [0, 0.1) is 6.92 Å². The highest BCUT2D eigenvalue weighted by molar-refractivity contribution is 5.80. The molecule has 0 aliphatic carbocycles. The zero-order valence-electron chi connectivity index (χ0n) is 15.7.